The standard InChI is InChI=1S/C27H44N2O6S/c1-9-10-14(2)22(30)16(4)23(31)26(6,7)24(32)21(25(33)34)27(8)20(35-27)12-19(28)15(3)11-18-13-36-17(5)29-18/h11,13-14,16,19-22,24,30,32H,9-10,12,28H2,1-8H3,(H,33,34)/b15-11+/t14?,16?,19-,20-,21?,22?,24?,27-/m0/s1. The molecule has 8 nitrogen and oxygen atoms in total. The zero-order valence-electron chi connectivity index (χ0n) is 22.8. The zero-order valence-corrected chi connectivity index (χ0v) is 23.6. The fraction of sp³-hybridized carbons (Fsp3) is 0.741. The maximum absolute atomic E-state index is 13.4. The smallest absolute Gasteiger partial charge is 0.312 e. The van der Waals surface area contributed by atoms with Crippen molar-refractivity contribution < 1.29 is 29.6 Å². The molecule has 9 heteroatoms. The number of carbonyl (C=O) groups is 2. The summed E-state index contributed by atoms with van der Waals surface area (Å²) in [6, 6.07) is -0.379. The van der Waals surface area contributed by atoms with E-state index in [4.69, 9.17) is 10.5 Å². The summed E-state index contributed by atoms with van der Waals surface area (Å²) in [6.07, 6.45) is 1.05. The first-order valence-electron chi connectivity index (χ1n) is 12.7. The van der Waals surface area contributed by atoms with Gasteiger partial charge in [-0.25, -0.2) is 4.98 Å². The Morgan fingerprint density at radius 1 is 1.33 bits per heavy atom. The van der Waals surface area contributed by atoms with Crippen molar-refractivity contribution in [2.75, 3.05) is 0 Å². The number of Topliss-reactive ketones (excluding diaryl/α,β-unsaturated/α-hetero) is 1. The van der Waals surface area contributed by atoms with Gasteiger partial charge in [0.25, 0.3) is 0 Å². The third-order valence-corrected chi connectivity index (χ3v) is 8.66. The molecule has 0 aliphatic carbocycles. The Morgan fingerprint density at radius 3 is 2.44 bits per heavy atom. The molecule has 0 bridgehead atoms. The predicted molar refractivity (Wildman–Crippen MR) is 142 cm³/mol. The van der Waals surface area contributed by atoms with Gasteiger partial charge in [-0.05, 0) is 45.6 Å². The van der Waals surface area contributed by atoms with Gasteiger partial charge in [0.2, 0.25) is 0 Å². The van der Waals surface area contributed by atoms with Gasteiger partial charge in [-0.15, -0.1) is 11.3 Å². The summed E-state index contributed by atoms with van der Waals surface area (Å²) in [5.74, 6) is -3.77. The van der Waals surface area contributed by atoms with Crippen LogP contribution >= 0.6 is 11.3 Å². The molecule has 1 aromatic heterocycles. The van der Waals surface area contributed by atoms with Crippen LogP contribution in [0.4, 0.5) is 0 Å². The minimum Gasteiger partial charge on any atom is -0.481 e. The lowest BCUT2D eigenvalue weighted by molar-refractivity contribution is -0.158. The first-order chi connectivity index (χ1) is 16.6. The van der Waals surface area contributed by atoms with Gasteiger partial charge < -0.3 is 25.8 Å². The maximum Gasteiger partial charge on any atom is 0.312 e. The predicted octanol–water partition coefficient (Wildman–Crippen LogP) is 3.82. The minimum atomic E-state index is -1.51. The SMILES string of the molecule is CCCC(C)C(O)C(C)C(=O)C(C)(C)C(O)C(C(=O)O)[C@@]1(C)O[C@H]1C[C@H](N)/C(C)=C/c1csc(C)n1. The van der Waals surface area contributed by atoms with Crippen molar-refractivity contribution in [1.29, 1.82) is 0 Å². The lowest BCUT2D eigenvalue weighted by Gasteiger charge is -2.38. The Morgan fingerprint density at radius 2 is 1.94 bits per heavy atom. The number of thiazole rings is 1. The summed E-state index contributed by atoms with van der Waals surface area (Å²) in [5, 5.41) is 34.9. The van der Waals surface area contributed by atoms with E-state index in [1.807, 2.05) is 39.2 Å². The van der Waals surface area contributed by atoms with E-state index in [2.05, 4.69) is 4.98 Å². The summed E-state index contributed by atoms with van der Waals surface area (Å²) in [7, 11) is 0. The molecule has 8 atom stereocenters. The van der Waals surface area contributed by atoms with Gasteiger partial charge in [0, 0.05) is 17.3 Å². The molecule has 1 aromatic rings. The molecule has 5 N–H and O–H groups in total. The third-order valence-electron chi connectivity index (χ3n) is 7.87. The third kappa shape index (κ3) is 6.61. The number of ether oxygens (including phenoxy) is 1. The number of aryl methyl sites for hydroxylation is 1. The number of aliphatic hydroxyl groups excluding tert-OH is 2. The quantitative estimate of drug-likeness (QED) is 0.269. The van der Waals surface area contributed by atoms with Crippen LogP contribution in [0.15, 0.2) is 11.0 Å². The molecule has 5 unspecified atom stereocenters. The Kier molecular flexibility index (Phi) is 10.0. The van der Waals surface area contributed by atoms with Gasteiger partial charge in [-0.1, -0.05) is 46.6 Å². The van der Waals surface area contributed by atoms with E-state index in [0.29, 0.717) is 6.42 Å². The molecule has 1 fully saturated rings. The van der Waals surface area contributed by atoms with Gasteiger partial charge >= 0.3 is 5.97 Å². The molecular weight excluding hydrogens is 480 g/mol. The Bertz CT molecular complexity index is 960. The van der Waals surface area contributed by atoms with Crippen molar-refractivity contribution in [2.24, 2.45) is 28.9 Å². The molecular formula is C27H44N2O6S. The van der Waals surface area contributed by atoms with Crippen LogP contribution in [0.1, 0.15) is 78.4 Å². The van der Waals surface area contributed by atoms with Crippen LogP contribution < -0.4 is 5.73 Å². The van der Waals surface area contributed by atoms with E-state index in [1.54, 1.807) is 39.0 Å². The summed E-state index contributed by atoms with van der Waals surface area (Å²) < 4.78 is 5.85. The average Bonchev–Trinajstić information content (AvgIpc) is 3.24. The number of rotatable bonds is 14. The summed E-state index contributed by atoms with van der Waals surface area (Å²) >= 11 is 1.55. The van der Waals surface area contributed by atoms with Gasteiger partial charge in [0.15, 0.2) is 0 Å². The topological polar surface area (TPSA) is 146 Å². The van der Waals surface area contributed by atoms with E-state index in [0.717, 1.165) is 29.1 Å². The first kappa shape index (κ1) is 30.6. The van der Waals surface area contributed by atoms with Crippen molar-refractivity contribution in [3.8, 4) is 0 Å². The monoisotopic (exact) mass is 524 g/mol. The highest BCUT2D eigenvalue weighted by Gasteiger charge is 2.64. The highest BCUT2D eigenvalue weighted by molar-refractivity contribution is 7.09. The van der Waals surface area contributed by atoms with E-state index < -0.39 is 47.1 Å². The Hall–Kier alpha value is -1.65. The van der Waals surface area contributed by atoms with E-state index in [-0.39, 0.29) is 17.7 Å². The second-order valence-electron chi connectivity index (χ2n) is 11.2. The molecule has 0 amide bonds. The lowest BCUT2D eigenvalue weighted by Crippen LogP contribution is -2.53. The number of aliphatic hydroxyl groups is 2. The van der Waals surface area contributed by atoms with E-state index in [1.165, 1.54) is 0 Å². The van der Waals surface area contributed by atoms with Crippen LogP contribution in [0.5, 0.6) is 0 Å². The largest absolute Gasteiger partial charge is 0.481 e. The summed E-state index contributed by atoms with van der Waals surface area (Å²) in [4.78, 5) is 30.1. The number of nitrogens with zero attached hydrogens (tertiary/aromatic N) is 1. The number of epoxide rings is 1. The lowest BCUT2D eigenvalue weighted by atomic mass is 9.67. The van der Waals surface area contributed by atoms with Crippen molar-refractivity contribution in [3.63, 3.8) is 0 Å². The molecule has 1 saturated heterocycles. The number of aromatic nitrogens is 1. The molecule has 2 rings (SSSR count). The first-order valence-corrected chi connectivity index (χ1v) is 13.6. The summed E-state index contributed by atoms with van der Waals surface area (Å²) in [6.45, 7) is 14.1. The second-order valence-corrected chi connectivity index (χ2v) is 12.3. The molecule has 0 radical (unpaired) electrons. The van der Waals surface area contributed by atoms with Crippen molar-refractivity contribution >= 4 is 29.2 Å². The van der Waals surface area contributed by atoms with Gasteiger partial charge in [-0.3, -0.25) is 9.59 Å². The molecule has 2 heterocycles. The van der Waals surface area contributed by atoms with Crippen LogP contribution in [0.3, 0.4) is 0 Å². The van der Waals surface area contributed by atoms with Crippen molar-refractivity contribution in [3.05, 3.63) is 21.7 Å². The molecule has 204 valence electrons. The average molecular weight is 525 g/mol. The van der Waals surface area contributed by atoms with Crippen LogP contribution in [0.2, 0.25) is 0 Å². The highest BCUT2D eigenvalue weighted by Crippen LogP contribution is 2.50. The van der Waals surface area contributed by atoms with Crippen molar-refractivity contribution in [1.82, 2.24) is 4.98 Å². The van der Waals surface area contributed by atoms with E-state index in [9.17, 15) is 24.9 Å². The van der Waals surface area contributed by atoms with Crippen LogP contribution in [-0.4, -0.2) is 62.0 Å². The molecule has 36 heavy (non-hydrogen) atoms. The number of nitrogens with two attached hydrogens (primary N) is 1. The molecule has 0 aromatic carbocycles. The molecule has 0 spiro atoms. The van der Waals surface area contributed by atoms with Crippen LogP contribution in [0.25, 0.3) is 6.08 Å². The number of carboxylic acids is 1. The number of aliphatic carboxylic acids is 1. The minimum absolute atomic E-state index is 0.0863. The number of hydrogen-bond donors (Lipinski definition) is 4. The molecule has 1 aliphatic rings. The number of carbonyl (C=O) groups excluding carboxylic acids is 1. The van der Waals surface area contributed by atoms with Crippen LogP contribution in [0, 0.1) is 30.1 Å². The van der Waals surface area contributed by atoms with Crippen LogP contribution in [-0.2, 0) is 14.3 Å². The Labute approximate surface area is 219 Å². The zero-order chi connectivity index (χ0) is 27.6. The number of carboxylic acid groups (broad SMARTS) is 1. The van der Waals surface area contributed by atoms with Gasteiger partial charge in [0.05, 0.1) is 34.4 Å². The fourth-order valence-corrected chi connectivity index (χ4v) is 5.72. The summed E-state index contributed by atoms with van der Waals surface area (Å²) in [5.41, 5.74) is 5.52. The molecule has 1 aliphatic heterocycles. The van der Waals surface area contributed by atoms with Crippen molar-refractivity contribution in [2.45, 2.75) is 105 Å². The van der Waals surface area contributed by atoms with Gasteiger partial charge in [0.1, 0.15) is 17.3 Å². The maximum atomic E-state index is 13.4. The number of hydrogen-bond acceptors (Lipinski definition) is 8. The normalized spacial score (nSPS) is 25.5. The van der Waals surface area contributed by atoms with Gasteiger partial charge in [-0.2, -0.15) is 0 Å². The van der Waals surface area contributed by atoms with E-state index >= 15 is 0 Å². The number of ketones is 1. The highest BCUT2D eigenvalue weighted by atomic mass is 32.1. The fourth-order valence-electron chi connectivity index (χ4n) is 5.15. The molecule has 0 saturated carbocycles. The second kappa shape index (κ2) is 11.8. The Balaban J connectivity index is 2.16.